The van der Waals surface area contributed by atoms with Crippen LogP contribution in [0.15, 0.2) is 24.3 Å². The van der Waals surface area contributed by atoms with Crippen molar-refractivity contribution in [2.45, 2.75) is 45.7 Å². The van der Waals surface area contributed by atoms with Gasteiger partial charge in [0.15, 0.2) is 0 Å². The zero-order valence-corrected chi connectivity index (χ0v) is 17.9. The van der Waals surface area contributed by atoms with Crippen LogP contribution in [0.25, 0.3) is 0 Å². The summed E-state index contributed by atoms with van der Waals surface area (Å²) in [5.74, 6) is 5.84. The quantitative estimate of drug-likeness (QED) is 0.528. The normalized spacial score (nSPS) is 11.6. The molecule has 0 radical (unpaired) electrons. The highest BCUT2D eigenvalue weighted by atomic mass is 19.4. The standard InChI is InChI=1S/C22H25F3N4O2/c1-5-31-13-11-18(30)28-20-27-14(2)17(19(26)29-20)10-12-21(3,4)15-6-8-16(9-7-15)22(23,24)25/h6-9H,5,11,13H2,1-4H3,(H3,26,27,28,29,30). The molecule has 6 nitrogen and oxygen atoms in total. The Morgan fingerprint density at radius 1 is 1.16 bits per heavy atom. The molecule has 3 N–H and O–H groups in total. The van der Waals surface area contributed by atoms with Crippen LogP contribution < -0.4 is 11.1 Å². The van der Waals surface area contributed by atoms with Crippen LogP contribution in [0, 0.1) is 18.8 Å². The number of aromatic nitrogens is 2. The van der Waals surface area contributed by atoms with Crippen molar-refractivity contribution in [3.8, 4) is 11.8 Å². The molecule has 0 aliphatic carbocycles. The van der Waals surface area contributed by atoms with Crippen LogP contribution in [0.4, 0.5) is 24.9 Å². The van der Waals surface area contributed by atoms with Crippen LogP contribution in [0.1, 0.15) is 49.6 Å². The number of halogens is 3. The van der Waals surface area contributed by atoms with Gasteiger partial charge in [-0.15, -0.1) is 0 Å². The van der Waals surface area contributed by atoms with E-state index in [2.05, 4.69) is 27.1 Å². The van der Waals surface area contributed by atoms with Crippen molar-refractivity contribution in [1.29, 1.82) is 0 Å². The maximum absolute atomic E-state index is 12.8. The van der Waals surface area contributed by atoms with Gasteiger partial charge in [0.25, 0.3) is 0 Å². The van der Waals surface area contributed by atoms with Crippen molar-refractivity contribution in [3.63, 3.8) is 0 Å². The number of rotatable bonds is 6. The van der Waals surface area contributed by atoms with Crippen molar-refractivity contribution >= 4 is 17.7 Å². The highest BCUT2D eigenvalue weighted by Gasteiger charge is 2.30. The van der Waals surface area contributed by atoms with E-state index in [1.165, 1.54) is 12.1 Å². The summed E-state index contributed by atoms with van der Waals surface area (Å²) in [6.07, 6.45) is -4.23. The number of amides is 1. The fourth-order valence-electron chi connectivity index (χ4n) is 2.67. The van der Waals surface area contributed by atoms with Crippen LogP contribution in [-0.2, 0) is 21.1 Å². The van der Waals surface area contributed by atoms with Gasteiger partial charge in [-0.2, -0.15) is 18.2 Å². The second kappa shape index (κ2) is 9.79. The van der Waals surface area contributed by atoms with E-state index in [1.807, 2.05) is 6.92 Å². The molecule has 0 bridgehead atoms. The van der Waals surface area contributed by atoms with Gasteiger partial charge in [0.2, 0.25) is 11.9 Å². The number of nitrogens with zero attached hydrogens (tertiary/aromatic N) is 2. The van der Waals surface area contributed by atoms with Gasteiger partial charge in [-0.1, -0.05) is 24.0 Å². The molecule has 0 aliphatic rings. The molecule has 166 valence electrons. The monoisotopic (exact) mass is 434 g/mol. The molecule has 2 rings (SSSR count). The minimum absolute atomic E-state index is 0.0732. The molecule has 2 aromatic rings. The fraction of sp³-hybridized carbons (Fsp3) is 0.409. The summed E-state index contributed by atoms with van der Waals surface area (Å²) in [6, 6.07) is 4.88. The van der Waals surface area contributed by atoms with Crippen molar-refractivity contribution in [3.05, 3.63) is 46.6 Å². The SMILES string of the molecule is CCOCCC(=O)Nc1nc(C)c(C#CC(C)(C)c2ccc(C(F)(F)F)cc2)c(N)n1. The molecule has 1 aromatic heterocycles. The second-order valence-electron chi connectivity index (χ2n) is 7.34. The number of hydrogen-bond donors (Lipinski definition) is 2. The molecule has 31 heavy (non-hydrogen) atoms. The fourth-order valence-corrected chi connectivity index (χ4v) is 2.67. The third-order valence-corrected chi connectivity index (χ3v) is 4.48. The Morgan fingerprint density at radius 2 is 1.77 bits per heavy atom. The van der Waals surface area contributed by atoms with E-state index >= 15 is 0 Å². The van der Waals surface area contributed by atoms with E-state index in [4.69, 9.17) is 10.5 Å². The molecule has 0 saturated carbocycles. The number of aryl methyl sites for hydroxylation is 1. The van der Waals surface area contributed by atoms with Gasteiger partial charge in [-0.3, -0.25) is 10.1 Å². The zero-order chi connectivity index (χ0) is 23.2. The number of nitrogen functional groups attached to an aromatic ring is 1. The predicted octanol–water partition coefficient (Wildman–Crippen LogP) is 4.08. The van der Waals surface area contributed by atoms with E-state index < -0.39 is 17.2 Å². The van der Waals surface area contributed by atoms with Gasteiger partial charge in [-0.25, -0.2) is 4.98 Å². The molecule has 0 saturated heterocycles. The van der Waals surface area contributed by atoms with E-state index in [0.29, 0.717) is 30.0 Å². The highest BCUT2D eigenvalue weighted by molar-refractivity contribution is 5.89. The van der Waals surface area contributed by atoms with Crippen LogP contribution in [0.2, 0.25) is 0 Å². The zero-order valence-electron chi connectivity index (χ0n) is 17.9. The topological polar surface area (TPSA) is 90.1 Å². The number of carbonyl (C=O) groups excluding carboxylic acids is 1. The van der Waals surface area contributed by atoms with Crippen LogP contribution in [0.5, 0.6) is 0 Å². The lowest BCUT2D eigenvalue weighted by Crippen LogP contribution is -2.18. The maximum Gasteiger partial charge on any atom is 0.416 e. The number of hydrogen-bond acceptors (Lipinski definition) is 5. The molecule has 1 aromatic carbocycles. The molecule has 0 aliphatic heterocycles. The number of nitrogens with one attached hydrogen (secondary N) is 1. The molecular formula is C22H25F3N4O2. The van der Waals surface area contributed by atoms with E-state index in [0.717, 1.165) is 12.1 Å². The Kier molecular flexibility index (Phi) is 7.63. The Hall–Kier alpha value is -3.12. The number of benzene rings is 1. The van der Waals surface area contributed by atoms with E-state index in [1.54, 1.807) is 20.8 Å². The highest BCUT2D eigenvalue weighted by Crippen LogP contribution is 2.31. The van der Waals surface area contributed by atoms with Crippen molar-refractivity contribution in [1.82, 2.24) is 9.97 Å². The minimum Gasteiger partial charge on any atom is -0.382 e. The Bertz CT molecular complexity index is 968. The Morgan fingerprint density at radius 3 is 2.32 bits per heavy atom. The molecule has 0 fully saturated rings. The third kappa shape index (κ3) is 6.69. The largest absolute Gasteiger partial charge is 0.416 e. The summed E-state index contributed by atoms with van der Waals surface area (Å²) in [4.78, 5) is 20.2. The lowest BCUT2D eigenvalue weighted by atomic mass is 9.84. The lowest BCUT2D eigenvalue weighted by Gasteiger charge is -2.19. The number of alkyl halides is 3. The van der Waals surface area contributed by atoms with Crippen LogP contribution in [0.3, 0.4) is 0 Å². The van der Waals surface area contributed by atoms with E-state index in [-0.39, 0.29) is 24.1 Å². The first-order chi connectivity index (χ1) is 14.4. The molecule has 0 unspecified atom stereocenters. The summed E-state index contributed by atoms with van der Waals surface area (Å²) in [5.41, 5.74) is 6.04. The second-order valence-corrected chi connectivity index (χ2v) is 7.34. The first-order valence-corrected chi connectivity index (χ1v) is 9.66. The van der Waals surface area contributed by atoms with Crippen molar-refractivity contribution in [2.24, 2.45) is 0 Å². The molecule has 0 spiro atoms. The first-order valence-electron chi connectivity index (χ1n) is 9.66. The van der Waals surface area contributed by atoms with Gasteiger partial charge >= 0.3 is 6.18 Å². The van der Waals surface area contributed by atoms with Crippen LogP contribution in [-0.4, -0.2) is 29.1 Å². The average molecular weight is 434 g/mol. The first kappa shape index (κ1) is 24.2. The van der Waals surface area contributed by atoms with E-state index in [9.17, 15) is 18.0 Å². The number of nitrogens with two attached hydrogens (primary N) is 1. The Balaban J connectivity index is 2.20. The lowest BCUT2D eigenvalue weighted by molar-refractivity contribution is -0.137. The van der Waals surface area contributed by atoms with Gasteiger partial charge in [0.1, 0.15) is 5.82 Å². The summed E-state index contributed by atoms with van der Waals surface area (Å²) >= 11 is 0. The maximum atomic E-state index is 12.8. The summed E-state index contributed by atoms with van der Waals surface area (Å²) in [7, 11) is 0. The summed E-state index contributed by atoms with van der Waals surface area (Å²) < 4.78 is 43.5. The van der Waals surface area contributed by atoms with Gasteiger partial charge in [0, 0.05) is 6.61 Å². The molecule has 1 amide bonds. The van der Waals surface area contributed by atoms with Gasteiger partial charge in [0.05, 0.1) is 35.3 Å². The molecular weight excluding hydrogens is 409 g/mol. The summed E-state index contributed by atoms with van der Waals surface area (Å²) in [6.45, 7) is 7.92. The predicted molar refractivity (Wildman–Crippen MR) is 112 cm³/mol. The molecule has 0 atom stereocenters. The third-order valence-electron chi connectivity index (χ3n) is 4.48. The number of carbonyl (C=O) groups is 1. The van der Waals surface area contributed by atoms with Crippen LogP contribution >= 0.6 is 0 Å². The van der Waals surface area contributed by atoms with Gasteiger partial charge < -0.3 is 10.5 Å². The number of ether oxygens (including phenoxy) is 1. The molecule has 1 heterocycles. The molecule has 9 heteroatoms. The smallest absolute Gasteiger partial charge is 0.382 e. The minimum atomic E-state index is -4.39. The Labute approximate surface area is 179 Å². The number of anilines is 2. The average Bonchev–Trinajstić information content (AvgIpc) is 2.67. The van der Waals surface area contributed by atoms with Crippen molar-refractivity contribution < 1.29 is 22.7 Å². The van der Waals surface area contributed by atoms with Crippen molar-refractivity contribution in [2.75, 3.05) is 24.3 Å². The summed E-state index contributed by atoms with van der Waals surface area (Å²) in [5, 5.41) is 2.56. The van der Waals surface area contributed by atoms with Gasteiger partial charge in [-0.05, 0) is 45.4 Å².